The van der Waals surface area contributed by atoms with Gasteiger partial charge in [-0.1, -0.05) is 0 Å². The van der Waals surface area contributed by atoms with Crippen LogP contribution < -0.4 is 10.6 Å². The van der Waals surface area contributed by atoms with E-state index in [4.69, 9.17) is 0 Å². The van der Waals surface area contributed by atoms with Crippen molar-refractivity contribution in [2.45, 2.75) is 25.4 Å². The number of aromatic nitrogens is 1. The van der Waals surface area contributed by atoms with E-state index in [0.717, 1.165) is 0 Å². The lowest BCUT2D eigenvalue weighted by molar-refractivity contribution is -0.142. The van der Waals surface area contributed by atoms with Crippen LogP contribution in [0.4, 0.5) is 4.39 Å². The highest BCUT2D eigenvalue weighted by molar-refractivity contribution is 7.98. The Kier molecular flexibility index (Phi) is 6.84. The van der Waals surface area contributed by atoms with Gasteiger partial charge in [0.15, 0.2) is 0 Å². The zero-order valence-corrected chi connectivity index (χ0v) is 16.1. The lowest BCUT2D eigenvalue weighted by atomic mass is 10.2. The third kappa shape index (κ3) is 5.00. The number of carbonyl (C=O) groups excluding carboxylic acids is 2. The van der Waals surface area contributed by atoms with E-state index in [1.165, 1.54) is 36.9 Å². The second kappa shape index (κ2) is 8.90. The lowest BCUT2D eigenvalue weighted by Gasteiger charge is -2.18. The largest absolute Gasteiger partial charge is 0.480 e. The van der Waals surface area contributed by atoms with Crippen LogP contribution in [0, 0.1) is 5.82 Å². The smallest absolute Gasteiger partial charge is 0.326 e. The Morgan fingerprint density at radius 1 is 1.26 bits per heavy atom. The molecule has 0 saturated carbocycles. The molecule has 2 aromatic rings. The van der Waals surface area contributed by atoms with Gasteiger partial charge in [-0.25, -0.2) is 9.18 Å². The minimum absolute atomic E-state index is 0.271. The number of rotatable bonds is 8. The summed E-state index contributed by atoms with van der Waals surface area (Å²) >= 11 is 1.48. The minimum Gasteiger partial charge on any atom is -0.480 e. The number of amides is 2. The van der Waals surface area contributed by atoms with E-state index in [2.05, 4.69) is 10.6 Å². The van der Waals surface area contributed by atoms with Gasteiger partial charge in [0.1, 0.15) is 23.6 Å². The molecular weight excluding hydrogens is 373 g/mol. The summed E-state index contributed by atoms with van der Waals surface area (Å²) in [7, 11) is 1.67. The van der Waals surface area contributed by atoms with Gasteiger partial charge in [0.25, 0.3) is 5.91 Å². The van der Waals surface area contributed by atoms with Gasteiger partial charge in [0.05, 0.1) is 0 Å². The van der Waals surface area contributed by atoms with Gasteiger partial charge in [-0.05, 0) is 49.6 Å². The number of carboxylic acids is 1. The van der Waals surface area contributed by atoms with Crippen molar-refractivity contribution < 1.29 is 23.9 Å². The molecule has 0 radical (unpaired) electrons. The number of benzene rings is 1. The van der Waals surface area contributed by atoms with Crippen molar-refractivity contribution in [3.8, 4) is 0 Å². The number of hydrogen-bond acceptors (Lipinski definition) is 4. The molecule has 0 aliphatic rings. The first-order chi connectivity index (χ1) is 12.7. The first kappa shape index (κ1) is 20.8. The summed E-state index contributed by atoms with van der Waals surface area (Å²) in [6, 6.07) is 3.80. The summed E-state index contributed by atoms with van der Waals surface area (Å²) in [5.41, 5.74) is 0.953. The standard InChI is InChI=1S/C18H22FN3O4S/c1-10(16(23)21-13(18(25)26)6-7-27-3)20-17(24)15-9-11-8-12(19)4-5-14(11)22(15)2/h4-5,8-10,13H,6-7H2,1-3H3,(H,20,24)(H,21,23)(H,25,26). The van der Waals surface area contributed by atoms with E-state index < -0.39 is 35.7 Å². The van der Waals surface area contributed by atoms with Crippen LogP contribution in [0.15, 0.2) is 24.3 Å². The van der Waals surface area contributed by atoms with Crippen molar-refractivity contribution in [3.63, 3.8) is 0 Å². The molecule has 27 heavy (non-hydrogen) atoms. The van der Waals surface area contributed by atoms with Crippen LogP contribution in [0.2, 0.25) is 0 Å². The van der Waals surface area contributed by atoms with Crippen LogP contribution in [-0.2, 0) is 16.6 Å². The quantitative estimate of drug-likeness (QED) is 0.632. The van der Waals surface area contributed by atoms with Crippen LogP contribution in [-0.4, -0.2) is 51.5 Å². The molecule has 0 spiro atoms. The van der Waals surface area contributed by atoms with Gasteiger partial charge in [-0.3, -0.25) is 9.59 Å². The Morgan fingerprint density at radius 2 is 1.96 bits per heavy atom. The van der Waals surface area contributed by atoms with Gasteiger partial charge in [-0.15, -0.1) is 0 Å². The predicted molar refractivity (Wildman–Crippen MR) is 102 cm³/mol. The van der Waals surface area contributed by atoms with Gasteiger partial charge in [0.2, 0.25) is 5.91 Å². The van der Waals surface area contributed by atoms with Crippen LogP contribution in [0.3, 0.4) is 0 Å². The number of nitrogens with one attached hydrogen (secondary N) is 2. The average molecular weight is 395 g/mol. The monoisotopic (exact) mass is 395 g/mol. The fraction of sp³-hybridized carbons (Fsp3) is 0.389. The summed E-state index contributed by atoms with van der Waals surface area (Å²) in [5.74, 6) is -2.02. The molecule has 0 fully saturated rings. The molecule has 146 valence electrons. The molecule has 2 atom stereocenters. The predicted octanol–water partition coefficient (Wildman–Crippen LogP) is 1.76. The fourth-order valence-electron chi connectivity index (χ4n) is 2.66. The first-order valence-corrected chi connectivity index (χ1v) is 9.72. The fourth-order valence-corrected chi connectivity index (χ4v) is 3.14. The minimum atomic E-state index is -1.12. The third-order valence-corrected chi connectivity index (χ3v) is 4.85. The Balaban J connectivity index is 2.07. The molecule has 7 nitrogen and oxygen atoms in total. The summed E-state index contributed by atoms with van der Waals surface area (Å²) in [4.78, 5) is 36.0. The Labute approximate surface area is 160 Å². The van der Waals surface area contributed by atoms with Crippen molar-refractivity contribution in [1.82, 2.24) is 15.2 Å². The molecule has 0 aliphatic carbocycles. The summed E-state index contributed by atoms with van der Waals surface area (Å²) in [5, 5.41) is 14.7. The van der Waals surface area contributed by atoms with Crippen LogP contribution in [0.1, 0.15) is 23.8 Å². The molecule has 9 heteroatoms. The van der Waals surface area contributed by atoms with E-state index in [-0.39, 0.29) is 12.1 Å². The SMILES string of the molecule is CSCCC(NC(=O)C(C)NC(=O)c1cc2cc(F)ccc2n1C)C(=O)O. The third-order valence-electron chi connectivity index (χ3n) is 4.20. The summed E-state index contributed by atoms with van der Waals surface area (Å²) in [6.45, 7) is 1.48. The van der Waals surface area contributed by atoms with E-state index in [1.54, 1.807) is 17.7 Å². The van der Waals surface area contributed by atoms with Crippen molar-refractivity contribution >= 4 is 40.4 Å². The molecule has 1 aromatic carbocycles. The second-order valence-electron chi connectivity index (χ2n) is 6.17. The second-order valence-corrected chi connectivity index (χ2v) is 7.15. The van der Waals surface area contributed by atoms with Crippen LogP contribution in [0.25, 0.3) is 10.9 Å². The normalized spacial score (nSPS) is 13.2. The topological polar surface area (TPSA) is 100 Å². The number of carboxylic acid groups (broad SMARTS) is 1. The molecule has 1 aromatic heterocycles. The first-order valence-electron chi connectivity index (χ1n) is 8.32. The maximum Gasteiger partial charge on any atom is 0.326 e. The molecule has 2 unspecified atom stereocenters. The molecule has 2 amide bonds. The maximum absolute atomic E-state index is 13.4. The van der Waals surface area contributed by atoms with E-state index >= 15 is 0 Å². The highest BCUT2D eigenvalue weighted by atomic mass is 32.2. The Bertz CT molecular complexity index is 868. The molecule has 0 aliphatic heterocycles. The van der Waals surface area contributed by atoms with Gasteiger partial charge < -0.3 is 20.3 Å². The van der Waals surface area contributed by atoms with Gasteiger partial charge in [0, 0.05) is 18.0 Å². The number of carbonyl (C=O) groups is 3. The summed E-state index contributed by atoms with van der Waals surface area (Å²) < 4.78 is 15.0. The van der Waals surface area contributed by atoms with Crippen molar-refractivity contribution in [2.75, 3.05) is 12.0 Å². The molecule has 2 rings (SSSR count). The number of nitrogens with zero attached hydrogens (tertiary/aromatic N) is 1. The number of halogens is 1. The highest BCUT2D eigenvalue weighted by Crippen LogP contribution is 2.20. The summed E-state index contributed by atoms with van der Waals surface area (Å²) in [6.07, 6.45) is 2.14. The highest BCUT2D eigenvalue weighted by Gasteiger charge is 2.24. The van der Waals surface area contributed by atoms with Crippen LogP contribution >= 0.6 is 11.8 Å². The maximum atomic E-state index is 13.4. The number of fused-ring (bicyclic) bond motifs is 1. The molecule has 3 N–H and O–H groups in total. The van der Waals surface area contributed by atoms with E-state index in [1.807, 2.05) is 6.26 Å². The number of aliphatic carboxylic acids is 1. The van der Waals surface area contributed by atoms with Gasteiger partial charge >= 0.3 is 5.97 Å². The zero-order valence-electron chi connectivity index (χ0n) is 15.3. The van der Waals surface area contributed by atoms with Crippen molar-refractivity contribution in [1.29, 1.82) is 0 Å². The molecular formula is C18H22FN3O4S. The average Bonchev–Trinajstić information content (AvgIpc) is 2.94. The lowest BCUT2D eigenvalue weighted by Crippen LogP contribution is -2.50. The molecule has 1 heterocycles. The van der Waals surface area contributed by atoms with Gasteiger partial charge in [-0.2, -0.15) is 11.8 Å². The Hall–Kier alpha value is -2.55. The molecule has 0 bridgehead atoms. The van der Waals surface area contributed by atoms with E-state index in [9.17, 15) is 23.9 Å². The Morgan fingerprint density at radius 3 is 2.59 bits per heavy atom. The van der Waals surface area contributed by atoms with E-state index in [0.29, 0.717) is 16.7 Å². The molecule has 0 saturated heterocycles. The number of hydrogen-bond donors (Lipinski definition) is 3. The van der Waals surface area contributed by atoms with Crippen LogP contribution in [0.5, 0.6) is 0 Å². The van der Waals surface area contributed by atoms with Crippen molar-refractivity contribution in [2.24, 2.45) is 7.05 Å². The number of thioether (sulfide) groups is 1. The van der Waals surface area contributed by atoms with Crippen molar-refractivity contribution in [3.05, 3.63) is 35.8 Å². The number of aryl methyl sites for hydroxylation is 1. The zero-order chi connectivity index (χ0) is 20.1.